The zero-order valence-electron chi connectivity index (χ0n) is 23.2. The van der Waals surface area contributed by atoms with Gasteiger partial charge in [0.15, 0.2) is 0 Å². The van der Waals surface area contributed by atoms with Crippen molar-refractivity contribution in [3.63, 3.8) is 0 Å². The number of halogens is 2. The molecule has 1 heterocycles. The highest BCUT2D eigenvalue weighted by Crippen LogP contribution is 2.39. The fraction of sp³-hybridized carbons (Fsp3) is 0.483. The molecule has 0 aliphatic rings. The highest BCUT2D eigenvalue weighted by Gasteiger charge is 2.35. The Morgan fingerprint density at radius 1 is 1.08 bits per heavy atom. The van der Waals surface area contributed by atoms with Gasteiger partial charge in [-0.15, -0.1) is 0 Å². The predicted octanol–water partition coefficient (Wildman–Crippen LogP) is 8.14. The third kappa shape index (κ3) is 8.03. The van der Waals surface area contributed by atoms with Crippen LogP contribution in [0.1, 0.15) is 66.4 Å². The summed E-state index contributed by atoms with van der Waals surface area (Å²) in [5.74, 6) is 0.695. The first-order valence-electron chi connectivity index (χ1n) is 12.6. The number of carbonyl (C=O) groups excluding carboxylic acids is 1. The molecular formula is C29H39ClFN3O3. The number of nitrogens with zero attached hydrogens (tertiary/aromatic N) is 2. The van der Waals surface area contributed by atoms with E-state index in [9.17, 15) is 9.18 Å². The highest BCUT2D eigenvalue weighted by molar-refractivity contribution is 6.31. The molecule has 0 atom stereocenters. The summed E-state index contributed by atoms with van der Waals surface area (Å²) in [6, 6.07) is 8.38. The van der Waals surface area contributed by atoms with Gasteiger partial charge in [-0.2, -0.15) is 0 Å². The number of ether oxygens (including phenoxy) is 2. The number of aryl methyl sites for hydroxylation is 1. The minimum atomic E-state index is -0.542. The van der Waals surface area contributed by atoms with E-state index < -0.39 is 11.2 Å². The smallest absolute Gasteiger partial charge is 0.311 e. The van der Waals surface area contributed by atoms with Gasteiger partial charge in [0.25, 0.3) is 0 Å². The minimum Gasteiger partial charge on any atom is -0.496 e. The van der Waals surface area contributed by atoms with Gasteiger partial charge in [0.2, 0.25) is 0 Å². The maximum Gasteiger partial charge on any atom is 0.311 e. The number of esters is 1. The zero-order valence-corrected chi connectivity index (χ0v) is 23.9. The first kappa shape index (κ1) is 30.3. The number of rotatable bonds is 10. The minimum absolute atomic E-state index is 0.0358. The Bertz CT molecular complexity index is 1210. The summed E-state index contributed by atoms with van der Waals surface area (Å²) in [4.78, 5) is 20.9. The molecule has 2 aromatic carbocycles. The van der Waals surface area contributed by atoms with Crippen LogP contribution in [0.2, 0.25) is 5.02 Å². The van der Waals surface area contributed by atoms with Crippen molar-refractivity contribution in [2.24, 2.45) is 10.8 Å². The lowest BCUT2D eigenvalue weighted by Crippen LogP contribution is -2.31. The lowest BCUT2D eigenvalue weighted by Gasteiger charge is -2.33. The molecule has 3 aromatic rings. The highest BCUT2D eigenvalue weighted by atomic mass is 35.5. The van der Waals surface area contributed by atoms with Crippen molar-refractivity contribution in [1.82, 2.24) is 9.97 Å². The third-order valence-corrected chi connectivity index (χ3v) is 6.47. The summed E-state index contributed by atoms with van der Waals surface area (Å²) >= 11 is 5.93. The van der Waals surface area contributed by atoms with Crippen LogP contribution in [0.3, 0.4) is 0 Å². The first-order valence-corrected chi connectivity index (χ1v) is 13.0. The molecule has 37 heavy (non-hydrogen) atoms. The standard InChI is InChI=1S/C27H33ClFN3O3.C2H6/c1-26(2,15-27(3,4)25(33)35-6)11-7-8-17-12-19-22(14-23(17)34-5)30-16-31-24(19)32-18-9-10-21(29)20(28)13-18;1-2/h9-10,12-14,16H,7-8,11,15H2,1-6H3,(H,30,31,32);1-2H3. The molecule has 1 aromatic heterocycles. The van der Waals surface area contributed by atoms with E-state index in [1.165, 1.54) is 25.6 Å². The van der Waals surface area contributed by atoms with Crippen LogP contribution in [0.25, 0.3) is 10.9 Å². The molecule has 0 spiro atoms. The Morgan fingerprint density at radius 2 is 1.78 bits per heavy atom. The monoisotopic (exact) mass is 531 g/mol. The molecule has 0 aliphatic heterocycles. The molecule has 6 nitrogen and oxygen atoms in total. The Hall–Kier alpha value is -2.93. The largest absolute Gasteiger partial charge is 0.496 e. The normalized spacial score (nSPS) is 11.5. The van der Waals surface area contributed by atoms with Crippen LogP contribution in [0.15, 0.2) is 36.7 Å². The van der Waals surface area contributed by atoms with E-state index in [0.29, 0.717) is 11.5 Å². The average Bonchev–Trinajstić information content (AvgIpc) is 2.86. The molecule has 3 rings (SSSR count). The van der Waals surface area contributed by atoms with Gasteiger partial charge in [0.1, 0.15) is 23.7 Å². The molecule has 0 saturated carbocycles. The molecule has 0 fully saturated rings. The first-order chi connectivity index (χ1) is 17.5. The molecule has 0 amide bonds. The van der Waals surface area contributed by atoms with Gasteiger partial charge in [-0.3, -0.25) is 4.79 Å². The number of benzene rings is 2. The van der Waals surface area contributed by atoms with Crippen molar-refractivity contribution in [2.75, 3.05) is 19.5 Å². The van der Waals surface area contributed by atoms with Gasteiger partial charge in [0, 0.05) is 17.1 Å². The molecule has 0 unspecified atom stereocenters. The molecular weight excluding hydrogens is 493 g/mol. The van der Waals surface area contributed by atoms with Crippen LogP contribution in [0.5, 0.6) is 5.75 Å². The second kappa shape index (κ2) is 13.0. The van der Waals surface area contributed by atoms with Gasteiger partial charge >= 0.3 is 5.97 Å². The number of nitrogens with one attached hydrogen (secondary N) is 1. The maximum absolute atomic E-state index is 13.6. The number of methoxy groups -OCH3 is 2. The van der Waals surface area contributed by atoms with E-state index in [1.807, 2.05) is 39.8 Å². The molecule has 0 saturated heterocycles. The number of fused-ring (bicyclic) bond motifs is 1. The maximum atomic E-state index is 13.6. The van der Waals surface area contributed by atoms with Crippen LogP contribution < -0.4 is 10.1 Å². The second-order valence-electron chi connectivity index (χ2n) is 10.2. The van der Waals surface area contributed by atoms with Gasteiger partial charge in [-0.25, -0.2) is 14.4 Å². The number of anilines is 2. The zero-order chi connectivity index (χ0) is 27.8. The number of hydrogen-bond acceptors (Lipinski definition) is 6. The molecule has 8 heteroatoms. The number of aromatic nitrogens is 2. The molecule has 0 bridgehead atoms. The van der Waals surface area contributed by atoms with Crippen molar-refractivity contribution in [2.45, 2.75) is 67.2 Å². The average molecular weight is 532 g/mol. The van der Waals surface area contributed by atoms with Crippen molar-refractivity contribution in [3.05, 3.63) is 53.1 Å². The van der Waals surface area contributed by atoms with Crippen molar-refractivity contribution < 1.29 is 18.7 Å². The lowest BCUT2D eigenvalue weighted by atomic mass is 9.72. The topological polar surface area (TPSA) is 73.3 Å². The summed E-state index contributed by atoms with van der Waals surface area (Å²) in [7, 11) is 3.08. The predicted molar refractivity (Wildman–Crippen MR) is 149 cm³/mol. The van der Waals surface area contributed by atoms with Crippen molar-refractivity contribution >= 4 is 40.0 Å². The van der Waals surface area contributed by atoms with E-state index >= 15 is 0 Å². The van der Waals surface area contributed by atoms with Crippen LogP contribution in [-0.2, 0) is 16.0 Å². The molecule has 0 radical (unpaired) electrons. The fourth-order valence-electron chi connectivity index (χ4n) is 4.71. The number of carbonyl (C=O) groups is 1. The van der Waals surface area contributed by atoms with Crippen molar-refractivity contribution in [3.8, 4) is 5.75 Å². The van der Waals surface area contributed by atoms with Gasteiger partial charge in [0.05, 0.1) is 30.2 Å². The third-order valence-electron chi connectivity index (χ3n) is 6.18. The van der Waals surface area contributed by atoms with Crippen LogP contribution in [-0.4, -0.2) is 30.2 Å². The van der Waals surface area contributed by atoms with Gasteiger partial charge < -0.3 is 14.8 Å². The Balaban J connectivity index is 0.00000235. The fourth-order valence-corrected chi connectivity index (χ4v) is 4.90. The molecule has 0 aliphatic carbocycles. The van der Waals surface area contributed by atoms with Crippen LogP contribution >= 0.6 is 11.6 Å². The Labute approximate surface area is 224 Å². The van der Waals surface area contributed by atoms with E-state index in [2.05, 4.69) is 29.1 Å². The Morgan fingerprint density at radius 3 is 2.41 bits per heavy atom. The lowest BCUT2D eigenvalue weighted by molar-refractivity contribution is -0.152. The van der Waals surface area contributed by atoms with E-state index in [-0.39, 0.29) is 16.4 Å². The van der Waals surface area contributed by atoms with Crippen LogP contribution in [0, 0.1) is 16.6 Å². The summed E-state index contributed by atoms with van der Waals surface area (Å²) in [5, 5.41) is 4.08. The van der Waals surface area contributed by atoms with E-state index in [4.69, 9.17) is 21.1 Å². The summed E-state index contributed by atoms with van der Waals surface area (Å²) in [6.45, 7) is 12.2. The van der Waals surface area contributed by atoms with Crippen molar-refractivity contribution in [1.29, 1.82) is 0 Å². The second-order valence-corrected chi connectivity index (χ2v) is 10.6. The number of hydrogen-bond donors (Lipinski definition) is 1. The summed E-state index contributed by atoms with van der Waals surface area (Å²) in [6.07, 6.45) is 4.83. The van der Waals surface area contributed by atoms with Crippen LogP contribution in [0.4, 0.5) is 15.9 Å². The summed E-state index contributed by atoms with van der Waals surface area (Å²) in [5.41, 5.74) is 1.82. The summed E-state index contributed by atoms with van der Waals surface area (Å²) < 4.78 is 24.2. The van der Waals surface area contributed by atoms with E-state index in [1.54, 1.807) is 13.2 Å². The SMILES string of the molecule is CC.COC(=O)C(C)(C)CC(C)(C)CCCc1cc2c(Nc3ccc(F)c(Cl)c3)ncnc2cc1OC. The molecule has 202 valence electrons. The van der Waals surface area contributed by atoms with E-state index in [0.717, 1.165) is 47.9 Å². The van der Waals surface area contributed by atoms with Gasteiger partial charge in [-0.05, 0) is 74.8 Å². The Kier molecular flexibility index (Phi) is 10.7. The molecule has 1 N–H and O–H groups in total. The quantitative estimate of drug-likeness (QED) is 0.266. The van der Waals surface area contributed by atoms with Gasteiger partial charge in [-0.1, -0.05) is 39.3 Å².